The predicted octanol–water partition coefficient (Wildman–Crippen LogP) is 1.97. The zero-order chi connectivity index (χ0) is 18.4. The quantitative estimate of drug-likeness (QED) is 0.660. The minimum Gasteiger partial charge on any atom is -0.359 e. The fourth-order valence-electron chi connectivity index (χ4n) is 2.53. The molecule has 8 heteroatoms. The molecule has 0 spiro atoms. The van der Waals surface area contributed by atoms with E-state index in [9.17, 15) is 4.79 Å². The molecule has 1 amide bonds. The molecule has 26 heavy (non-hydrogen) atoms. The number of rotatable bonds is 8. The van der Waals surface area contributed by atoms with E-state index in [0.717, 1.165) is 6.54 Å². The Balaban J connectivity index is 1.46. The van der Waals surface area contributed by atoms with Gasteiger partial charge in [-0.2, -0.15) is 4.98 Å². The Morgan fingerprint density at radius 2 is 1.96 bits per heavy atom. The Morgan fingerprint density at radius 3 is 2.69 bits per heavy atom. The van der Waals surface area contributed by atoms with Gasteiger partial charge >= 0.3 is 0 Å². The van der Waals surface area contributed by atoms with Gasteiger partial charge in [0.05, 0.1) is 6.54 Å². The first kappa shape index (κ1) is 17.8. The topological polar surface area (TPSA) is 97.3 Å². The molecule has 2 aromatic heterocycles. The first-order chi connectivity index (χ1) is 12.6. The lowest BCUT2D eigenvalue weighted by molar-refractivity contribution is 0.0944. The third-order valence-electron chi connectivity index (χ3n) is 3.72. The van der Waals surface area contributed by atoms with Crippen LogP contribution in [0.3, 0.4) is 0 Å². The van der Waals surface area contributed by atoms with Crippen molar-refractivity contribution in [1.82, 2.24) is 25.5 Å². The predicted molar refractivity (Wildman–Crippen MR) is 93.2 cm³/mol. The number of carbonyl (C=O) groups excluding carboxylic acids is 1. The van der Waals surface area contributed by atoms with Gasteiger partial charge in [-0.3, -0.25) is 9.69 Å². The molecule has 0 atom stereocenters. The molecular weight excluding hydrogens is 334 g/mol. The summed E-state index contributed by atoms with van der Waals surface area (Å²) in [6.45, 7) is 3.47. The highest BCUT2D eigenvalue weighted by atomic mass is 16.5. The molecule has 8 nitrogen and oxygen atoms in total. The van der Waals surface area contributed by atoms with Crippen molar-refractivity contribution < 1.29 is 13.8 Å². The van der Waals surface area contributed by atoms with Crippen LogP contribution in [0.25, 0.3) is 0 Å². The Kier molecular flexibility index (Phi) is 5.75. The van der Waals surface area contributed by atoms with Crippen molar-refractivity contribution in [3.8, 4) is 0 Å². The number of carbonyl (C=O) groups is 1. The molecule has 0 unspecified atom stereocenters. The molecule has 0 radical (unpaired) electrons. The molecule has 0 aliphatic carbocycles. The van der Waals surface area contributed by atoms with Crippen LogP contribution in [-0.2, 0) is 19.5 Å². The van der Waals surface area contributed by atoms with Crippen molar-refractivity contribution in [1.29, 1.82) is 0 Å². The van der Waals surface area contributed by atoms with Crippen molar-refractivity contribution in [2.45, 2.75) is 26.4 Å². The zero-order valence-electron chi connectivity index (χ0n) is 14.8. The maximum atomic E-state index is 12.1. The minimum absolute atomic E-state index is 0.261. The van der Waals surface area contributed by atoms with Crippen molar-refractivity contribution in [3.05, 3.63) is 65.1 Å². The van der Waals surface area contributed by atoms with Gasteiger partial charge in [-0.1, -0.05) is 40.6 Å². The molecular formula is C18H21N5O3. The second-order valence-corrected chi connectivity index (χ2v) is 6.07. The van der Waals surface area contributed by atoms with Gasteiger partial charge in [0.2, 0.25) is 5.89 Å². The number of nitrogens with zero attached hydrogens (tertiary/aromatic N) is 4. The maximum absolute atomic E-state index is 12.1. The van der Waals surface area contributed by atoms with Crippen LogP contribution >= 0.6 is 0 Å². The van der Waals surface area contributed by atoms with Crippen molar-refractivity contribution in [2.24, 2.45) is 0 Å². The van der Waals surface area contributed by atoms with Gasteiger partial charge in [-0.25, -0.2) is 0 Å². The summed E-state index contributed by atoms with van der Waals surface area (Å²) in [6.07, 6.45) is 0.494. The largest absolute Gasteiger partial charge is 0.359 e. The average molecular weight is 355 g/mol. The fourth-order valence-corrected chi connectivity index (χ4v) is 2.53. The summed E-state index contributed by atoms with van der Waals surface area (Å²) in [7, 11) is 1.99. The number of hydrogen-bond donors (Lipinski definition) is 1. The number of benzene rings is 1. The van der Waals surface area contributed by atoms with Crippen LogP contribution in [0.2, 0.25) is 0 Å². The SMILES string of the molecule is Cc1nc(CCNC(=O)c2cc(CN(C)Cc3ccccc3)on2)no1. The number of aromatic nitrogens is 3. The van der Waals surface area contributed by atoms with Crippen LogP contribution in [0.5, 0.6) is 0 Å². The van der Waals surface area contributed by atoms with Gasteiger partial charge in [-0.05, 0) is 12.6 Å². The van der Waals surface area contributed by atoms with Gasteiger partial charge < -0.3 is 14.4 Å². The number of hydrogen-bond acceptors (Lipinski definition) is 7. The molecule has 2 heterocycles. The molecule has 0 fully saturated rings. The molecule has 0 bridgehead atoms. The summed E-state index contributed by atoms with van der Waals surface area (Å²) in [5, 5.41) is 10.4. The Hall–Kier alpha value is -3.00. The van der Waals surface area contributed by atoms with Crippen LogP contribution in [0.1, 0.15) is 33.5 Å². The van der Waals surface area contributed by atoms with Gasteiger partial charge in [0.1, 0.15) is 0 Å². The van der Waals surface area contributed by atoms with E-state index in [1.54, 1.807) is 13.0 Å². The third kappa shape index (κ3) is 5.00. The van der Waals surface area contributed by atoms with E-state index < -0.39 is 0 Å². The van der Waals surface area contributed by atoms with E-state index in [-0.39, 0.29) is 11.6 Å². The van der Waals surface area contributed by atoms with Crippen molar-refractivity contribution in [2.75, 3.05) is 13.6 Å². The molecule has 0 saturated carbocycles. The highest BCUT2D eigenvalue weighted by Gasteiger charge is 2.14. The highest BCUT2D eigenvalue weighted by Crippen LogP contribution is 2.09. The molecule has 0 saturated heterocycles. The van der Waals surface area contributed by atoms with Crippen LogP contribution in [0.15, 0.2) is 45.4 Å². The molecule has 3 rings (SSSR count). The van der Waals surface area contributed by atoms with E-state index in [1.165, 1.54) is 5.56 Å². The lowest BCUT2D eigenvalue weighted by atomic mass is 10.2. The smallest absolute Gasteiger partial charge is 0.273 e. The first-order valence-corrected chi connectivity index (χ1v) is 8.35. The van der Waals surface area contributed by atoms with Gasteiger partial charge in [-0.15, -0.1) is 0 Å². The molecule has 0 aliphatic rings. The summed E-state index contributed by atoms with van der Waals surface area (Å²) < 4.78 is 10.2. The second kappa shape index (κ2) is 8.39. The van der Waals surface area contributed by atoms with E-state index in [2.05, 4.69) is 37.6 Å². The monoisotopic (exact) mass is 355 g/mol. The van der Waals surface area contributed by atoms with Gasteiger partial charge in [0.25, 0.3) is 5.91 Å². The zero-order valence-corrected chi connectivity index (χ0v) is 14.8. The van der Waals surface area contributed by atoms with E-state index in [4.69, 9.17) is 9.05 Å². The summed E-state index contributed by atoms with van der Waals surface area (Å²) in [4.78, 5) is 18.3. The molecule has 0 aliphatic heterocycles. The van der Waals surface area contributed by atoms with Crippen LogP contribution in [-0.4, -0.2) is 39.7 Å². The first-order valence-electron chi connectivity index (χ1n) is 8.35. The van der Waals surface area contributed by atoms with Gasteiger partial charge in [0, 0.05) is 32.5 Å². The molecule has 3 aromatic rings. The number of amides is 1. The van der Waals surface area contributed by atoms with Crippen molar-refractivity contribution >= 4 is 5.91 Å². The second-order valence-electron chi connectivity index (χ2n) is 6.07. The normalized spacial score (nSPS) is 11.0. The summed E-state index contributed by atoms with van der Waals surface area (Å²) in [5.41, 5.74) is 1.47. The Bertz CT molecular complexity index is 843. The lowest BCUT2D eigenvalue weighted by Crippen LogP contribution is -2.26. The highest BCUT2D eigenvalue weighted by molar-refractivity contribution is 5.92. The number of nitrogens with one attached hydrogen (secondary N) is 1. The Morgan fingerprint density at radius 1 is 1.15 bits per heavy atom. The van der Waals surface area contributed by atoms with E-state index in [0.29, 0.717) is 37.0 Å². The third-order valence-corrected chi connectivity index (χ3v) is 3.72. The summed E-state index contributed by atoms with van der Waals surface area (Å²) >= 11 is 0. The maximum Gasteiger partial charge on any atom is 0.273 e. The summed E-state index contributed by atoms with van der Waals surface area (Å²) in [5.74, 6) is 1.42. The van der Waals surface area contributed by atoms with Crippen molar-refractivity contribution in [3.63, 3.8) is 0 Å². The van der Waals surface area contributed by atoms with Gasteiger partial charge in [0.15, 0.2) is 17.3 Å². The molecule has 136 valence electrons. The minimum atomic E-state index is -0.286. The van der Waals surface area contributed by atoms with E-state index >= 15 is 0 Å². The standard InChI is InChI=1S/C18H21N5O3/c1-13-20-17(22-25-13)8-9-19-18(24)16-10-15(26-21-16)12-23(2)11-14-6-4-3-5-7-14/h3-7,10H,8-9,11-12H2,1-2H3,(H,19,24). The van der Waals surface area contributed by atoms with Crippen LogP contribution in [0, 0.1) is 6.92 Å². The van der Waals surface area contributed by atoms with Crippen LogP contribution < -0.4 is 5.32 Å². The molecule has 1 aromatic carbocycles. The lowest BCUT2D eigenvalue weighted by Gasteiger charge is -2.14. The number of aryl methyl sites for hydroxylation is 1. The summed E-state index contributed by atoms with van der Waals surface area (Å²) in [6, 6.07) is 11.8. The van der Waals surface area contributed by atoms with E-state index in [1.807, 2.05) is 25.2 Å². The Labute approximate surface area is 151 Å². The average Bonchev–Trinajstić information content (AvgIpc) is 3.25. The van der Waals surface area contributed by atoms with Crippen LogP contribution in [0.4, 0.5) is 0 Å². The molecule has 1 N–H and O–H groups in total. The fraction of sp³-hybridized carbons (Fsp3) is 0.333.